The van der Waals surface area contributed by atoms with Crippen LogP contribution in [0.2, 0.25) is 0 Å². The van der Waals surface area contributed by atoms with Crippen LogP contribution in [0.1, 0.15) is 19.4 Å². The second-order valence-corrected chi connectivity index (χ2v) is 5.39. The van der Waals surface area contributed by atoms with Crippen LogP contribution in [0.4, 0.5) is 0 Å². The minimum Gasteiger partial charge on any atom is -0.342 e. The largest absolute Gasteiger partial charge is 0.342 e. The number of likely N-dealkylation sites (N-methyl/N-ethyl adjacent to an activating group) is 1. The molecule has 1 N–H and O–H groups in total. The lowest BCUT2D eigenvalue weighted by atomic mass is 9.95. The fourth-order valence-corrected chi connectivity index (χ4v) is 2.62. The number of hydrogen-bond acceptors (Lipinski definition) is 2. The SMILES string of the molecule is CC(C)C1C(=O)NC(Cc2ccccc2)C(=O)N1C. The molecule has 1 aromatic carbocycles. The predicted octanol–water partition coefficient (Wildman–Crippen LogP) is 1.21. The summed E-state index contributed by atoms with van der Waals surface area (Å²) in [6.45, 7) is 3.90. The van der Waals surface area contributed by atoms with E-state index in [1.165, 1.54) is 0 Å². The molecule has 0 spiro atoms. The van der Waals surface area contributed by atoms with Gasteiger partial charge in [-0.15, -0.1) is 0 Å². The molecule has 4 heteroatoms. The lowest BCUT2D eigenvalue weighted by Gasteiger charge is -2.38. The number of carbonyl (C=O) groups is 2. The van der Waals surface area contributed by atoms with E-state index in [9.17, 15) is 9.59 Å². The number of nitrogens with zero attached hydrogens (tertiary/aromatic N) is 1. The maximum Gasteiger partial charge on any atom is 0.245 e. The van der Waals surface area contributed by atoms with Crippen LogP contribution < -0.4 is 5.32 Å². The average Bonchev–Trinajstić information content (AvgIpc) is 2.36. The molecule has 2 atom stereocenters. The van der Waals surface area contributed by atoms with Crippen LogP contribution in [0.3, 0.4) is 0 Å². The molecule has 1 fully saturated rings. The van der Waals surface area contributed by atoms with E-state index in [0.717, 1.165) is 5.56 Å². The van der Waals surface area contributed by atoms with Crippen molar-refractivity contribution in [3.8, 4) is 0 Å². The molecule has 102 valence electrons. The molecular weight excluding hydrogens is 240 g/mol. The predicted molar refractivity (Wildman–Crippen MR) is 73.5 cm³/mol. The highest BCUT2D eigenvalue weighted by molar-refractivity contribution is 5.97. The Balaban J connectivity index is 2.13. The van der Waals surface area contributed by atoms with Crippen molar-refractivity contribution >= 4 is 11.8 Å². The third-order valence-electron chi connectivity index (χ3n) is 3.56. The van der Waals surface area contributed by atoms with E-state index in [1.807, 2.05) is 44.2 Å². The smallest absolute Gasteiger partial charge is 0.245 e. The number of amides is 2. The standard InChI is InChI=1S/C15H20N2O2/c1-10(2)13-14(18)16-12(15(19)17(13)3)9-11-7-5-4-6-8-11/h4-8,10,12-13H,9H2,1-3H3,(H,16,18). The molecular formula is C15H20N2O2. The van der Waals surface area contributed by atoms with Crippen molar-refractivity contribution in [2.45, 2.75) is 32.4 Å². The molecule has 2 unspecified atom stereocenters. The van der Waals surface area contributed by atoms with Gasteiger partial charge in [0, 0.05) is 13.5 Å². The molecule has 1 saturated heterocycles. The van der Waals surface area contributed by atoms with Crippen LogP contribution in [0.5, 0.6) is 0 Å². The Morgan fingerprint density at radius 1 is 1.21 bits per heavy atom. The van der Waals surface area contributed by atoms with Crippen LogP contribution >= 0.6 is 0 Å². The van der Waals surface area contributed by atoms with E-state index in [1.54, 1.807) is 11.9 Å². The number of nitrogens with one attached hydrogen (secondary N) is 1. The quantitative estimate of drug-likeness (QED) is 0.888. The van der Waals surface area contributed by atoms with Gasteiger partial charge < -0.3 is 10.2 Å². The first-order valence-corrected chi connectivity index (χ1v) is 6.61. The number of rotatable bonds is 3. The first kappa shape index (κ1) is 13.6. The molecule has 2 amide bonds. The summed E-state index contributed by atoms with van der Waals surface area (Å²) >= 11 is 0. The lowest BCUT2D eigenvalue weighted by molar-refractivity contribution is -0.149. The Morgan fingerprint density at radius 3 is 2.42 bits per heavy atom. The van der Waals surface area contributed by atoms with Crippen LogP contribution in [0.15, 0.2) is 30.3 Å². The Kier molecular flexibility index (Phi) is 3.88. The van der Waals surface area contributed by atoms with Crippen molar-refractivity contribution in [3.63, 3.8) is 0 Å². The van der Waals surface area contributed by atoms with Crippen molar-refractivity contribution in [2.75, 3.05) is 7.05 Å². The molecule has 4 nitrogen and oxygen atoms in total. The van der Waals surface area contributed by atoms with Crippen molar-refractivity contribution < 1.29 is 9.59 Å². The molecule has 1 heterocycles. The molecule has 1 aromatic rings. The van der Waals surface area contributed by atoms with Crippen molar-refractivity contribution in [1.29, 1.82) is 0 Å². The Labute approximate surface area is 113 Å². The molecule has 2 rings (SSSR count). The highest BCUT2D eigenvalue weighted by Gasteiger charge is 2.39. The molecule has 0 radical (unpaired) electrons. The van der Waals surface area contributed by atoms with Gasteiger partial charge in [0.2, 0.25) is 11.8 Å². The number of hydrogen-bond donors (Lipinski definition) is 1. The minimum atomic E-state index is -0.449. The van der Waals surface area contributed by atoms with Crippen molar-refractivity contribution in [3.05, 3.63) is 35.9 Å². The maximum absolute atomic E-state index is 12.3. The van der Waals surface area contributed by atoms with Gasteiger partial charge >= 0.3 is 0 Å². The highest BCUT2D eigenvalue weighted by atomic mass is 16.2. The molecule has 0 aromatic heterocycles. The topological polar surface area (TPSA) is 49.4 Å². The zero-order valence-electron chi connectivity index (χ0n) is 11.6. The summed E-state index contributed by atoms with van der Waals surface area (Å²) in [6, 6.07) is 8.93. The summed E-state index contributed by atoms with van der Waals surface area (Å²) < 4.78 is 0. The van der Waals surface area contributed by atoms with Crippen LogP contribution in [0, 0.1) is 5.92 Å². The first-order chi connectivity index (χ1) is 9.00. The third kappa shape index (κ3) is 2.78. The molecule has 1 aliphatic heterocycles. The molecule has 19 heavy (non-hydrogen) atoms. The fourth-order valence-electron chi connectivity index (χ4n) is 2.62. The maximum atomic E-state index is 12.3. The summed E-state index contributed by atoms with van der Waals surface area (Å²) in [5.74, 6) is 0.0480. The van der Waals surface area contributed by atoms with Crippen LogP contribution in [-0.4, -0.2) is 35.8 Å². The number of benzene rings is 1. The van der Waals surface area contributed by atoms with E-state index >= 15 is 0 Å². The van der Waals surface area contributed by atoms with E-state index < -0.39 is 6.04 Å². The third-order valence-corrected chi connectivity index (χ3v) is 3.56. The molecule has 1 aliphatic rings. The van der Waals surface area contributed by atoms with Crippen molar-refractivity contribution in [1.82, 2.24) is 10.2 Å². The Bertz CT molecular complexity index is 470. The van der Waals surface area contributed by atoms with E-state index in [0.29, 0.717) is 6.42 Å². The monoisotopic (exact) mass is 260 g/mol. The van der Waals surface area contributed by atoms with Gasteiger partial charge in [-0.1, -0.05) is 44.2 Å². The second-order valence-electron chi connectivity index (χ2n) is 5.39. The van der Waals surface area contributed by atoms with E-state index in [-0.39, 0.29) is 23.8 Å². The summed E-state index contributed by atoms with van der Waals surface area (Å²) in [6.07, 6.45) is 0.542. The number of carbonyl (C=O) groups excluding carboxylic acids is 2. The van der Waals surface area contributed by atoms with Gasteiger partial charge in [0.25, 0.3) is 0 Å². The lowest BCUT2D eigenvalue weighted by Crippen LogP contribution is -2.64. The normalized spacial score (nSPS) is 23.7. The van der Waals surface area contributed by atoms with Crippen molar-refractivity contribution in [2.24, 2.45) is 5.92 Å². The zero-order valence-corrected chi connectivity index (χ0v) is 11.6. The van der Waals surface area contributed by atoms with Gasteiger partial charge in [0.05, 0.1) is 0 Å². The highest BCUT2D eigenvalue weighted by Crippen LogP contribution is 2.17. The van der Waals surface area contributed by atoms with Crippen LogP contribution in [-0.2, 0) is 16.0 Å². The van der Waals surface area contributed by atoms with Gasteiger partial charge in [-0.3, -0.25) is 9.59 Å². The molecule has 0 saturated carbocycles. The molecule has 0 aliphatic carbocycles. The van der Waals surface area contributed by atoms with E-state index in [4.69, 9.17) is 0 Å². The fraction of sp³-hybridized carbons (Fsp3) is 0.467. The van der Waals surface area contributed by atoms with Gasteiger partial charge in [-0.2, -0.15) is 0 Å². The van der Waals surface area contributed by atoms with E-state index in [2.05, 4.69) is 5.32 Å². The summed E-state index contributed by atoms with van der Waals surface area (Å²) in [5.41, 5.74) is 1.05. The summed E-state index contributed by atoms with van der Waals surface area (Å²) in [4.78, 5) is 26.0. The molecule has 0 bridgehead atoms. The van der Waals surface area contributed by atoms with Gasteiger partial charge in [-0.25, -0.2) is 0 Å². The Hall–Kier alpha value is -1.84. The minimum absolute atomic E-state index is 0.0119. The zero-order chi connectivity index (χ0) is 14.0. The van der Waals surface area contributed by atoms with Gasteiger partial charge in [-0.05, 0) is 11.5 Å². The average molecular weight is 260 g/mol. The summed E-state index contributed by atoms with van der Waals surface area (Å²) in [7, 11) is 1.71. The van der Waals surface area contributed by atoms with Crippen LogP contribution in [0.25, 0.3) is 0 Å². The van der Waals surface area contributed by atoms with Gasteiger partial charge in [0.15, 0.2) is 0 Å². The summed E-state index contributed by atoms with van der Waals surface area (Å²) in [5, 5.41) is 2.85. The second kappa shape index (κ2) is 5.43. The Morgan fingerprint density at radius 2 is 1.84 bits per heavy atom. The first-order valence-electron chi connectivity index (χ1n) is 6.61. The van der Waals surface area contributed by atoms with Gasteiger partial charge in [0.1, 0.15) is 12.1 Å². The number of piperazine rings is 1.